The number of rotatable bonds is 3. The van der Waals surface area contributed by atoms with Gasteiger partial charge in [0.25, 0.3) is 0 Å². The van der Waals surface area contributed by atoms with Crippen LogP contribution in [0.2, 0.25) is 0 Å². The molecule has 0 aromatic carbocycles. The summed E-state index contributed by atoms with van der Waals surface area (Å²) in [7, 11) is 2.07. The Balaban J connectivity index is 1.81. The van der Waals surface area contributed by atoms with Crippen LogP contribution in [0.4, 0.5) is 0 Å². The van der Waals surface area contributed by atoms with Crippen molar-refractivity contribution in [3.05, 3.63) is 0 Å². The Kier molecular flexibility index (Phi) is 3.60. The summed E-state index contributed by atoms with van der Waals surface area (Å²) < 4.78 is 0. The van der Waals surface area contributed by atoms with Crippen LogP contribution in [-0.2, 0) is 0 Å². The standard InChI is InChI=1S/C14H28N2/c1-13(2,15-3)12-16-10-8-14(9-11-16)6-4-5-7-14/h15H,4-12H2,1-3H3. The number of piperidine rings is 1. The summed E-state index contributed by atoms with van der Waals surface area (Å²) in [5, 5.41) is 3.41. The van der Waals surface area contributed by atoms with E-state index in [1.807, 2.05) is 0 Å². The fraction of sp³-hybridized carbons (Fsp3) is 1.00. The minimum absolute atomic E-state index is 0.264. The van der Waals surface area contributed by atoms with E-state index in [0.29, 0.717) is 0 Å². The molecule has 1 saturated heterocycles. The summed E-state index contributed by atoms with van der Waals surface area (Å²) in [4.78, 5) is 2.65. The molecule has 0 atom stereocenters. The average molecular weight is 224 g/mol. The smallest absolute Gasteiger partial charge is 0.0249 e. The van der Waals surface area contributed by atoms with Crippen LogP contribution in [0.5, 0.6) is 0 Å². The molecule has 0 unspecified atom stereocenters. The van der Waals surface area contributed by atoms with Gasteiger partial charge in [0, 0.05) is 12.1 Å². The van der Waals surface area contributed by atoms with Crippen LogP contribution in [0.1, 0.15) is 52.4 Å². The monoisotopic (exact) mass is 224 g/mol. The molecule has 1 aliphatic carbocycles. The van der Waals surface area contributed by atoms with Crippen molar-refractivity contribution in [2.75, 3.05) is 26.7 Å². The number of likely N-dealkylation sites (tertiary alicyclic amines) is 1. The third-order valence-electron chi connectivity index (χ3n) is 4.88. The third kappa shape index (κ3) is 2.78. The SMILES string of the molecule is CNC(C)(C)CN1CCC2(CCCC2)CC1. The molecule has 0 amide bonds. The van der Waals surface area contributed by atoms with Crippen LogP contribution in [0, 0.1) is 5.41 Å². The van der Waals surface area contributed by atoms with Gasteiger partial charge < -0.3 is 10.2 Å². The van der Waals surface area contributed by atoms with Gasteiger partial charge in [-0.2, -0.15) is 0 Å². The molecular formula is C14H28N2. The quantitative estimate of drug-likeness (QED) is 0.793. The lowest BCUT2D eigenvalue weighted by molar-refractivity contribution is 0.0897. The van der Waals surface area contributed by atoms with Crippen molar-refractivity contribution in [2.45, 2.75) is 57.9 Å². The Morgan fingerprint density at radius 3 is 2.12 bits per heavy atom. The zero-order valence-corrected chi connectivity index (χ0v) is 11.3. The maximum Gasteiger partial charge on any atom is 0.0249 e. The molecule has 0 radical (unpaired) electrons. The van der Waals surface area contributed by atoms with Crippen LogP contribution in [0.15, 0.2) is 0 Å². The second-order valence-electron chi connectivity index (χ2n) is 6.62. The van der Waals surface area contributed by atoms with Gasteiger partial charge in [-0.25, -0.2) is 0 Å². The highest BCUT2D eigenvalue weighted by Crippen LogP contribution is 2.46. The van der Waals surface area contributed by atoms with E-state index in [4.69, 9.17) is 0 Å². The van der Waals surface area contributed by atoms with Crippen molar-refractivity contribution in [3.8, 4) is 0 Å². The summed E-state index contributed by atoms with van der Waals surface area (Å²) >= 11 is 0. The third-order valence-corrected chi connectivity index (χ3v) is 4.88. The molecule has 16 heavy (non-hydrogen) atoms. The Morgan fingerprint density at radius 2 is 1.62 bits per heavy atom. The molecule has 1 spiro atoms. The largest absolute Gasteiger partial charge is 0.314 e. The molecular weight excluding hydrogens is 196 g/mol. The highest BCUT2D eigenvalue weighted by Gasteiger charge is 2.37. The molecule has 2 nitrogen and oxygen atoms in total. The fourth-order valence-electron chi connectivity index (χ4n) is 3.45. The number of nitrogens with one attached hydrogen (secondary N) is 1. The predicted molar refractivity (Wildman–Crippen MR) is 69.7 cm³/mol. The van der Waals surface area contributed by atoms with E-state index in [-0.39, 0.29) is 5.54 Å². The minimum Gasteiger partial charge on any atom is -0.314 e. The highest BCUT2D eigenvalue weighted by molar-refractivity contribution is 4.91. The molecule has 1 saturated carbocycles. The predicted octanol–water partition coefficient (Wildman–Crippen LogP) is 2.64. The maximum atomic E-state index is 3.41. The molecule has 2 aliphatic rings. The van der Waals surface area contributed by atoms with E-state index in [1.165, 1.54) is 58.2 Å². The van der Waals surface area contributed by atoms with Gasteiger partial charge in [0.2, 0.25) is 0 Å². The summed E-state index contributed by atoms with van der Waals surface area (Å²) in [6.07, 6.45) is 8.90. The molecule has 2 rings (SSSR count). The zero-order valence-electron chi connectivity index (χ0n) is 11.3. The van der Waals surface area contributed by atoms with Crippen LogP contribution in [0.25, 0.3) is 0 Å². The number of likely N-dealkylation sites (N-methyl/N-ethyl adjacent to an activating group) is 1. The first-order valence-corrected chi connectivity index (χ1v) is 6.97. The molecule has 2 heteroatoms. The van der Waals surface area contributed by atoms with E-state index in [9.17, 15) is 0 Å². The Bertz CT molecular complexity index is 219. The van der Waals surface area contributed by atoms with Crippen molar-refractivity contribution < 1.29 is 0 Å². The lowest BCUT2D eigenvalue weighted by atomic mass is 9.77. The zero-order chi connectivity index (χ0) is 11.6. The van der Waals surface area contributed by atoms with E-state index >= 15 is 0 Å². The number of hydrogen-bond donors (Lipinski definition) is 1. The minimum atomic E-state index is 0.264. The molecule has 0 aromatic heterocycles. The van der Waals surface area contributed by atoms with Crippen molar-refractivity contribution in [1.82, 2.24) is 10.2 Å². The lowest BCUT2D eigenvalue weighted by Gasteiger charge is -2.42. The highest BCUT2D eigenvalue weighted by atomic mass is 15.2. The molecule has 1 aliphatic heterocycles. The van der Waals surface area contributed by atoms with E-state index in [1.54, 1.807) is 0 Å². The Hall–Kier alpha value is -0.0800. The van der Waals surface area contributed by atoms with Gasteiger partial charge >= 0.3 is 0 Å². The summed E-state index contributed by atoms with van der Waals surface area (Å²) in [5.74, 6) is 0. The van der Waals surface area contributed by atoms with Gasteiger partial charge in [0.15, 0.2) is 0 Å². The first kappa shape index (κ1) is 12.4. The van der Waals surface area contributed by atoms with E-state index in [2.05, 4.69) is 31.1 Å². The van der Waals surface area contributed by atoms with Crippen LogP contribution < -0.4 is 5.32 Å². The molecule has 94 valence electrons. The summed E-state index contributed by atoms with van der Waals surface area (Å²) in [5.41, 5.74) is 1.03. The first-order valence-electron chi connectivity index (χ1n) is 6.97. The van der Waals surface area contributed by atoms with Crippen LogP contribution in [0.3, 0.4) is 0 Å². The topological polar surface area (TPSA) is 15.3 Å². The fourth-order valence-corrected chi connectivity index (χ4v) is 3.45. The van der Waals surface area contributed by atoms with Gasteiger partial charge in [-0.05, 0) is 65.1 Å². The maximum absolute atomic E-state index is 3.41. The molecule has 1 heterocycles. The van der Waals surface area contributed by atoms with Gasteiger partial charge in [-0.3, -0.25) is 0 Å². The number of hydrogen-bond acceptors (Lipinski definition) is 2. The molecule has 1 N–H and O–H groups in total. The lowest BCUT2D eigenvalue weighted by Crippen LogP contribution is -2.50. The first-order chi connectivity index (χ1) is 7.55. The normalized spacial score (nSPS) is 26.4. The number of nitrogens with zero attached hydrogens (tertiary/aromatic N) is 1. The molecule has 0 bridgehead atoms. The van der Waals surface area contributed by atoms with Crippen molar-refractivity contribution in [1.29, 1.82) is 0 Å². The van der Waals surface area contributed by atoms with Gasteiger partial charge in [-0.1, -0.05) is 12.8 Å². The van der Waals surface area contributed by atoms with E-state index < -0.39 is 0 Å². The van der Waals surface area contributed by atoms with Crippen molar-refractivity contribution >= 4 is 0 Å². The summed E-state index contributed by atoms with van der Waals surface area (Å²) in [6.45, 7) is 8.44. The second-order valence-corrected chi connectivity index (χ2v) is 6.62. The van der Waals surface area contributed by atoms with Crippen LogP contribution >= 0.6 is 0 Å². The van der Waals surface area contributed by atoms with Crippen LogP contribution in [-0.4, -0.2) is 37.1 Å². The van der Waals surface area contributed by atoms with Gasteiger partial charge in [0.05, 0.1) is 0 Å². The molecule has 0 aromatic rings. The molecule has 2 fully saturated rings. The van der Waals surface area contributed by atoms with Crippen molar-refractivity contribution in [2.24, 2.45) is 5.41 Å². The average Bonchev–Trinajstić information content (AvgIpc) is 2.71. The Morgan fingerprint density at radius 1 is 1.06 bits per heavy atom. The second kappa shape index (κ2) is 4.66. The van der Waals surface area contributed by atoms with Crippen molar-refractivity contribution in [3.63, 3.8) is 0 Å². The summed E-state index contributed by atoms with van der Waals surface area (Å²) in [6, 6.07) is 0. The Labute approximate surface area is 101 Å². The van der Waals surface area contributed by atoms with Gasteiger partial charge in [-0.15, -0.1) is 0 Å². The van der Waals surface area contributed by atoms with Gasteiger partial charge in [0.1, 0.15) is 0 Å². The van der Waals surface area contributed by atoms with E-state index in [0.717, 1.165) is 5.41 Å².